The molecule has 0 aromatic carbocycles. The van der Waals surface area contributed by atoms with Gasteiger partial charge >= 0.3 is 0 Å². The highest BCUT2D eigenvalue weighted by Gasteiger charge is 2.32. The van der Waals surface area contributed by atoms with Crippen molar-refractivity contribution in [3.8, 4) is 0 Å². The van der Waals surface area contributed by atoms with Crippen molar-refractivity contribution in [1.82, 2.24) is 0 Å². The fourth-order valence-corrected chi connectivity index (χ4v) is 5.08. The molecule has 0 spiro atoms. The van der Waals surface area contributed by atoms with Crippen LogP contribution >= 0.6 is 0 Å². The number of hydrogen-bond donors (Lipinski definition) is 0. The van der Waals surface area contributed by atoms with Crippen molar-refractivity contribution < 1.29 is 0 Å². The Morgan fingerprint density at radius 2 is 1.05 bits per heavy atom. The molecule has 22 heavy (non-hydrogen) atoms. The highest BCUT2D eigenvalue weighted by molar-refractivity contribution is 4.83. The molecule has 0 fully saturated rings. The van der Waals surface area contributed by atoms with Gasteiger partial charge in [-0.1, -0.05) is 88.5 Å². The number of rotatable bonds is 11. The summed E-state index contributed by atoms with van der Waals surface area (Å²) in [5, 5.41) is 0. The molecule has 0 N–H and O–H groups in total. The second-order valence-corrected chi connectivity index (χ2v) is 10.6. The van der Waals surface area contributed by atoms with Crippen LogP contribution in [0.1, 0.15) is 114 Å². The molecule has 0 amide bonds. The Bertz CT molecular complexity index is 295. The van der Waals surface area contributed by atoms with Gasteiger partial charge in [0.1, 0.15) is 0 Å². The average Bonchev–Trinajstić information content (AvgIpc) is 2.24. The molecule has 2 atom stereocenters. The van der Waals surface area contributed by atoms with Gasteiger partial charge in [-0.3, -0.25) is 0 Å². The summed E-state index contributed by atoms with van der Waals surface area (Å²) in [5.41, 5.74) is 1.43. The van der Waals surface area contributed by atoms with E-state index >= 15 is 0 Å². The van der Waals surface area contributed by atoms with E-state index < -0.39 is 0 Å². The highest BCUT2D eigenvalue weighted by atomic mass is 14.4. The van der Waals surface area contributed by atoms with E-state index in [0.717, 1.165) is 11.8 Å². The van der Waals surface area contributed by atoms with E-state index in [9.17, 15) is 0 Å². The molecule has 0 aliphatic carbocycles. The zero-order valence-electron chi connectivity index (χ0n) is 17.6. The molecular formula is C22H46. The largest absolute Gasteiger partial charge is 0.0654 e. The monoisotopic (exact) mass is 310 g/mol. The first-order valence-corrected chi connectivity index (χ1v) is 9.82. The van der Waals surface area contributed by atoms with Gasteiger partial charge < -0.3 is 0 Å². The van der Waals surface area contributed by atoms with Crippen molar-refractivity contribution in [2.75, 3.05) is 0 Å². The lowest BCUT2D eigenvalue weighted by Crippen LogP contribution is -2.27. The van der Waals surface area contributed by atoms with E-state index in [0.29, 0.717) is 16.2 Å². The van der Waals surface area contributed by atoms with Gasteiger partial charge in [0.05, 0.1) is 0 Å². The van der Waals surface area contributed by atoms with E-state index in [4.69, 9.17) is 0 Å². The molecule has 0 bridgehead atoms. The summed E-state index contributed by atoms with van der Waals surface area (Å²) in [6.45, 7) is 24.4. The normalized spacial score (nSPS) is 16.6. The van der Waals surface area contributed by atoms with Gasteiger partial charge in [0.15, 0.2) is 0 Å². The molecule has 0 aromatic heterocycles. The van der Waals surface area contributed by atoms with Crippen molar-refractivity contribution in [3.05, 3.63) is 0 Å². The molecule has 0 heteroatoms. The van der Waals surface area contributed by atoms with Crippen LogP contribution in [0, 0.1) is 28.1 Å². The van der Waals surface area contributed by atoms with Crippen molar-refractivity contribution in [3.63, 3.8) is 0 Å². The Hall–Kier alpha value is 0. The minimum atomic E-state index is 0.457. The molecule has 2 unspecified atom stereocenters. The van der Waals surface area contributed by atoms with Gasteiger partial charge in [0, 0.05) is 0 Å². The molecule has 0 heterocycles. The molecule has 0 nitrogen and oxygen atoms in total. The van der Waals surface area contributed by atoms with Crippen LogP contribution in [0.4, 0.5) is 0 Å². The second kappa shape index (κ2) is 8.74. The van der Waals surface area contributed by atoms with Crippen molar-refractivity contribution in [1.29, 1.82) is 0 Å². The molecule has 0 aliphatic heterocycles. The first-order valence-electron chi connectivity index (χ1n) is 9.82. The lowest BCUT2D eigenvalue weighted by atomic mass is 9.66. The fourth-order valence-electron chi connectivity index (χ4n) is 5.08. The summed E-state index contributed by atoms with van der Waals surface area (Å²) >= 11 is 0. The molecule has 0 saturated carbocycles. The maximum absolute atomic E-state index is 2.49. The van der Waals surface area contributed by atoms with Crippen LogP contribution in [0.5, 0.6) is 0 Å². The van der Waals surface area contributed by atoms with Crippen molar-refractivity contribution in [2.24, 2.45) is 28.1 Å². The molecule has 0 rings (SSSR count). The van der Waals surface area contributed by atoms with Crippen LogP contribution in [0.15, 0.2) is 0 Å². The Morgan fingerprint density at radius 1 is 0.636 bits per heavy atom. The third-order valence-electron chi connectivity index (χ3n) is 5.40. The highest BCUT2D eigenvalue weighted by Crippen LogP contribution is 2.43. The minimum Gasteiger partial charge on any atom is -0.0654 e. The van der Waals surface area contributed by atoms with Gasteiger partial charge in [-0.05, 0) is 53.8 Å². The summed E-state index contributed by atoms with van der Waals surface area (Å²) in [7, 11) is 0. The van der Waals surface area contributed by atoms with Crippen LogP contribution in [0.2, 0.25) is 0 Å². The molecular weight excluding hydrogens is 264 g/mol. The lowest BCUT2D eigenvalue weighted by Gasteiger charge is -2.39. The SMILES string of the molecule is CCCC(C)CC(C)(C)CC(C)(C)CC(C)CC(C)(C)CC. The lowest BCUT2D eigenvalue weighted by molar-refractivity contribution is 0.122. The Morgan fingerprint density at radius 3 is 1.45 bits per heavy atom. The number of hydrogen-bond acceptors (Lipinski definition) is 0. The minimum absolute atomic E-state index is 0.457. The summed E-state index contributed by atoms with van der Waals surface area (Å²) in [5.74, 6) is 1.70. The van der Waals surface area contributed by atoms with Crippen LogP contribution in [0.3, 0.4) is 0 Å². The van der Waals surface area contributed by atoms with E-state index in [1.54, 1.807) is 0 Å². The topological polar surface area (TPSA) is 0 Å². The Labute approximate surface area is 142 Å². The van der Waals surface area contributed by atoms with E-state index in [1.165, 1.54) is 44.9 Å². The van der Waals surface area contributed by atoms with Gasteiger partial charge in [-0.2, -0.15) is 0 Å². The van der Waals surface area contributed by atoms with Crippen LogP contribution in [-0.2, 0) is 0 Å². The van der Waals surface area contributed by atoms with Crippen LogP contribution in [-0.4, -0.2) is 0 Å². The fraction of sp³-hybridized carbons (Fsp3) is 1.00. The summed E-state index contributed by atoms with van der Waals surface area (Å²) < 4.78 is 0. The Balaban J connectivity index is 4.54. The van der Waals surface area contributed by atoms with E-state index in [-0.39, 0.29) is 0 Å². The van der Waals surface area contributed by atoms with Crippen molar-refractivity contribution in [2.45, 2.75) is 114 Å². The van der Waals surface area contributed by atoms with Gasteiger partial charge in [-0.15, -0.1) is 0 Å². The van der Waals surface area contributed by atoms with Gasteiger partial charge in [0.2, 0.25) is 0 Å². The van der Waals surface area contributed by atoms with E-state index in [1.807, 2.05) is 0 Å². The summed E-state index contributed by atoms with van der Waals surface area (Å²) in [6.07, 6.45) is 9.44. The van der Waals surface area contributed by atoms with E-state index in [2.05, 4.69) is 69.2 Å². The standard InChI is InChI=1S/C22H46/c1-11-13-18(3)14-21(7,8)17-22(9,10)16-19(4)15-20(5,6)12-2/h18-19H,11-17H2,1-10H3. The third kappa shape index (κ3) is 9.90. The third-order valence-corrected chi connectivity index (χ3v) is 5.40. The summed E-state index contributed by atoms with van der Waals surface area (Å²) in [4.78, 5) is 0. The second-order valence-electron chi connectivity index (χ2n) is 10.6. The smallest absolute Gasteiger partial charge is 0.0347 e. The molecule has 0 aliphatic rings. The molecule has 0 radical (unpaired) electrons. The Kier molecular flexibility index (Phi) is 8.74. The maximum Gasteiger partial charge on any atom is -0.0347 e. The summed E-state index contributed by atoms with van der Waals surface area (Å²) in [6, 6.07) is 0. The zero-order valence-corrected chi connectivity index (χ0v) is 17.6. The maximum atomic E-state index is 2.49. The molecule has 0 aromatic rings. The molecule has 0 saturated heterocycles. The zero-order chi connectivity index (χ0) is 17.6. The van der Waals surface area contributed by atoms with Gasteiger partial charge in [-0.25, -0.2) is 0 Å². The van der Waals surface area contributed by atoms with Crippen LogP contribution < -0.4 is 0 Å². The first-order chi connectivity index (χ1) is 9.82. The first kappa shape index (κ1) is 22.0. The predicted molar refractivity (Wildman–Crippen MR) is 103 cm³/mol. The predicted octanol–water partition coefficient (Wildman–Crippen LogP) is 8.11. The quantitative estimate of drug-likeness (QED) is 0.361. The van der Waals surface area contributed by atoms with Gasteiger partial charge in [0.25, 0.3) is 0 Å². The van der Waals surface area contributed by atoms with Crippen LogP contribution in [0.25, 0.3) is 0 Å². The average molecular weight is 311 g/mol. The molecule has 134 valence electrons. The van der Waals surface area contributed by atoms with Crippen molar-refractivity contribution >= 4 is 0 Å².